The minimum Gasteiger partial charge on any atom is -0.462 e. The van der Waals surface area contributed by atoms with Crippen molar-refractivity contribution in [2.45, 2.75) is 225 Å². The van der Waals surface area contributed by atoms with Gasteiger partial charge < -0.3 is 39.9 Å². The zero-order valence-electron chi connectivity index (χ0n) is 37.7. The van der Waals surface area contributed by atoms with Crippen LogP contribution in [-0.4, -0.2) is 99.3 Å². The molecule has 14 heteroatoms. The molecule has 1 fully saturated rings. The monoisotopic (exact) mass is 879 g/mol. The lowest BCUT2D eigenvalue weighted by Crippen LogP contribution is -2.29. The van der Waals surface area contributed by atoms with Crippen molar-refractivity contribution in [1.82, 2.24) is 0 Å². The Bertz CT molecular complexity index is 1140. The van der Waals surface area contributed by atoms with Gasteiger partial charge in [-0.2, -0.15) is 0 Å². The number of hydrogen-bond donors (Lipinski definition) is 6. The zero-order chi connectivity index (χ0) is 44.4. The van der Waals surface area contributed by atoms with Crippen LogP contribution in [0.5, 0.6) is 0 Å². The number of carbonyl (C=O) groups excluding carboxylic acids is 2. The SMILES string of the molecule is CCCCC[C@H](O)/C=C/[C@@H]1[C@@H](CCCCCCC(=O)O[C@H](COC(=O)CCCCCCCCCCCCCCCCC(C)C)COP(=O)(O)OC[C@@H](O)CO)[C@@H](O)C[C@H]1O. The van der Waals surface area contributed by atoms with E-state index in [-0.39, 0.29) is 31.3 Å². The van der Waals surface area contributed by atoms with Crippen LogP contribution in [0.2, 0.25) is 0 Å². The zero-order valence-corrected chi connectivity index (χ0v) is 38.6. The topological polar surface area (TPSA) is 210 Å². The molecule has 8 atom stereocenters. The van der Waals surface area contributed by atoms with Crippen LogP contribution in [0, 0.1) is 17.8 Å². The van der Waals surface area contributed by atoms with Crippen LogP contribution in [0.25, 0.3) is 0 Å². The van der Waals surface area contributed by atoms with E-state index >= 15 is 0 Å². The molecule has 0 spiro atoms. The standard InChI is InChI=1S/C46H87O13P/c1-4-5-20-26-38(48)30-31-42-41(43(50)32-44(42)51)27-22-18-19-24-29-46(53)59-40(36-58-60(54,55)57-34-39(49)33-47)35-56-45(52)28-23-17-15-13-11-9-7-6-8-10-12-14-16-21-25-37(2)3/h30-31,37-44,47-51H,4-29,32-36H2,1-3H3,(H,54,55)/b31-30+/t38-,39-,40+,41+,42+,43-,44+/m0/s1. The summed E-state index contributed by atoms with van der Waals surface area (Å²) in [5, 5.41) is 49.8. The summed E-state index contributed by atoms with van der Waals surface area (Å²) in [7, 11) is -4.68. The lowest BCUT2D eigenvalue weighted by molar-refractivity contribution is -0.161. The Morgan fingerprint density at radius 1 is 0.683 bits per heavy atom. The number of esters is 2. The first-order valence-corrected chi connectivity index (χ1v) is 25.3. The molecular weight excluding hydrogens is 791 g/mol. The van der Waals surface area contributed by atoms with Gasteiger partial charge >= 0.3 is 19.8 Å². The van der Waals surface area contributed by atoms with Crippen molar-refractivity contribution in [1.29, 1.82) is 0 Å². The molecule has 1 rings (SSSR count). The summed E-state index contributed by atoms with van der Waals surface area (Å²) in [6, 6.07) is 0. The van der Waals surface area contributed by atoms with E-state index in [1.165, 1.54) is 70.6 Å². The number of unbranched alkanes of at least 4 members (excludes halogenated alkanes) is 18. The van der Waals surface area contributed by atoms with E-state index in [1.807, 2.05) is 6.08 Å². The number of ether oxygens (including phenoxy) is 2. The molecular formula is C46H87O13P. The maximum atomic E-state index is 12.8. The number of phosphoric ester groups is 1. The van der Waals surface area contributed by atoms with Gasteiger partial charge in [-0.1, -0.05) is 161 Å². The molecule has 0 aromatic carbocycles. The van der Waals surface area contributed by atoms with Crippen LogP contribution in [0.3, 0.4) is 0 Å². The van der Waals surface area contributed by atoms with Crippen molar-refractivity contribution in [3.05, 3.63) is 12.2 Å². The van der Waals surface area contributed by atoms with Gasteiger partial charge in [-0.3, -0.25) is 18.6 Å². The van der Waals surface area contributed by atoms with Crippen molar-refractivity contribution in [2.75, 3.05) is 26.4 Å². The number of aliphatic hydroxyl groups is 5. The molecule has 0 saturated heterocycles. The highest BCUT2D eigenvalue weighted by molar-refractivity contribution is 7.47. The fourth-order valence-corrected chi connectivity index (χ4v) is 8.54. The van der Waals surface area contributed by atoms with Gasteiger partial charge in [-0.25, -0.2) is 4.57 Å². The van der Waals surface area contributed by atoms with E-state index in [0.717, 1.165) is 57.3 Å². The molecule has 1 aliphatic rings. The molecule has 0 heterocycles. The Balaban J connectivity index is 2.39. The van der Waals surface area contributed by atoms with Crippen molar-refractivity contribution in [3.63, 3.8) is 0 Å². The van der Waals surface area contributed by atoms with Gasteiger partial charge in [0.1, 0.15) is 12.7 Å². The molecule has 0 amide bonds. The maximum absolute atomic E-state index is 12.8. The average molecular weight is 879 g/mol. The first kappa shape index (κ1) is 56.6. The first-order valence-electron chi connectivity index (χ1n) is 23.8. The molecule has 60 heavy (non-hydrogen) atoms. The molecule has 1 unspecified atom stereocenters. The van der Waals surface area contributed by atoms with E-state index in [4.69, 9.17) is 23.6 Å². The van der Waals surface area contributed by atoms with Gasteiger partial charge in [0.15, 0.2) is 6.10 Å². The second-order valence-corrected chi connectivity index (χ2v) is 19.0. The fourth-order valence-electron chi connectivity index (χ4n) is 7.75. The van der Waals surface area contributed by atoms with Crippen LogP contribution in [-0.2, 0) is 32.7 Å². The van der Waals surface area contributed by atoms with Crippen LogP contribution in [0.15, 0.2) is 12.2 Å². The Morgan fingerprint density at radius 2 is 1.20 bits per heavy atom. The maximum Gasteiger partial charge on any atom is 0.472 e. The summed E-state index contributed by atoms with van der Waals surface area (Å²) in [6.07, 6.45) is 25.3. The predicted molar refractivity (Wildman–Crippen MR) is 235 cm³/mol. The summed E-state index contributed by atoms with van der Waals surface area (Å²) in [6.45, 7) is 4.39. The van der Waals surface area contributed by atoms with E-state index < -0.39 is 70.1 Å². The second kappa shape index (κ2) is 36.0. The Labute approximate surface area is 363 Å². The lowest BCUT2D eigenvalue weighted by atomic mass is 9.88. The third-order valence-electron chi connectivity index (χ3n) is 11.4. The van der Waals surface area contributed by atoms with E-state index in [2.05, 4.69) is 20.8 Å². The summed E-state index contributed by atoms with van der Waals surface area (Å²) in [4.78, 5) is 35.3. The van der Waals surface area contributed by atoms with Gasteiger partial charge in [-0.15, -0.1) is 0 Å². The minimum atomic E-state index is -4.68. The molecule has 0 aromatic rings. The van der Waals surface area contributed by atoms with Gasteiger partial charge in [0, 0.05) is 25.2 Å². The minimum absolute atomic E-state index is 0.0607. The summed E-state index contributed by atoms with van der Waals surface area (Å²) in [5.74, 6) is -0.576. The van der Waals surface area contributed by atoms with Gasteiger partial charge in [0.2, 0.25) is 0 Å². The number of hydrogen-bond acceptors (Lipinski definition) is 12. The molecule has 354 valence electrons. The molecule has 1 saturated carbocycles. The largest absolute Gasteiger partial charge is 0.472 e. The van der Waals surface area contributed by atoms with Crippen LogP contribution < -0.4 is 0 Å². The summed E-state index contributed by atoms with van der Waals surface area (Å²) < 4.78 is 32.8. The van der Waals surface area contributed by atoms with Crippen LogP contribution in [0.1, 0.15) is 194 Å². The third-order valence-corrected chi connectivity index (χ3v) is 12.4. The average Bonchev–Trinajstić information content (AvgIpc) is 3.48. The second-order valence-electron chi connectivity index (χ2n) is 17.6. The number of carbonyl (C=O) groups is 2. The van der Waals surface area contributed by atoms with Crippen molar-refractivity contribution >= 4 is 19.8 Å². The Kier molecular flexibility index (Phi) is 34.0. The van der Waals surface area contributed by atoms with Crippen molar-refractivity contribution in [3.8, 4) is 0 Å². The molecule has 0 aliphatic heterocycles. The van der Waals surface area contributed by atoms with E-state index in [1.54, 1.807) is 6.08 Å². The summed E-state index contributed by atoms with van der Waals surface area (Å²) in [5.41, 5.74) is 0. The smallest absolute Gasteiger partial charge is 0.462 e. The molecule has 0 aromatic heterocycles. The molecule has 0 bridgehead atoms. The van der Waals surface area contributed by atoms with E-state index in [9.17, 15) is 39.5 Å². The van der Waals surface area contributed by atoms with Gasteiger partial charge in [-0.05, 0) is 37.5 Å². The Morgan fingerprint density at radius 3 is 1.77 bits per heavy atom. The summed E-state index contributed by atoms with van der Waals surface area (Å²) >= 11 is 0. The highest BCUT2D eigenvalue weighted by Gasteiger charge is 2.39. The van der Waals surface area contributed by atoms with Crippen LogP contribution >= 0.6 is 7.82 Å². The molecule has 13 nitrogen and oxygen atoms in total. The number of rotatable bonds is 40. The van der Waals surface area contributed by atoms with Crippen LogP contribution in [0.4, 0.5) is 0 Å². The predicted octanol–water partition coefficient (Wildman–Crippen LogP) is 9.02. The highest BCUT2D eigenvalue weighted by atomic mass is 31.2. The fraction of sp³-hybridized carbons (Fsp3) is 0.913. The quantitative estimate of drug-likeness (QED) is 0.0147. The number of aliphatic hydroxyl groups excluding tert-OH is 5. The van der Waals surface area contributed by atoms with Crippen molar-refractivity contribution in [2.24, 2.45) is 17.8 Å². The molecule has 0 radical (unpaired) electrons. The van der Waals surface area contributed by atoms with E-state index in [0.29, 0.717) is 38.5 Å². The molecule has 6 N–H and O–H groups in total. The Hall–Kier alpha value is -1.41. The third kappa shape index (κ3) is 30.6. The lowest BCUT2D eigenvalue weighted by Gasteiger charge is -2.21. The van der Waals surface area contributed by atoms with Gasteiger partial charge in [0.05, 0.1) is 38.1 Å². The molecule has 1 aliphatic carbocycles. The normalized spacial score (nSPS) is 20.7. The van der Waals surface area contributed by atoms with Gasteiger partial charge in [0.25, 0.3) is 0 Å². The highest BCUT2D eigenvalue weighted by Crippen LogP contribution is 2.43. The number of phosphoric acid groups is 1. The first-order chi connectivity index (χ1) is 28.8. The van der Waals surface area contributed by atoms with Crippen molar-refractivity contribution < 1.29 is 63.1 Å².